The molecule has 0 bridgehead atoms. The van der Waals surface area contributed by atoms with Gasteiger partial charge in [0.05, 0.1) is 12.0 Å². The second kappa shape index (κ2) is 8.18. The van der Waals surface area contributed by atoms with Crippen LogP contribution in [0.1, 0.15) is 68.2 Å². The van der Waals surface area contributed by atoms with Crippen molar-refractivity contribution in [1.82, 2.24) is 0 Å². The minimum Gasteiger partial charge on any atom is -0.481 e. The van der Waals surface area contributed by atoms with Crippen molar-refractivity contribution in [2.75, 3.05) is 0 Å². The zero-order valence-electron chi connectivity index (χ0n) is 14.6. The van der Waals surface area contributed by atoms with Crippen molar-refractivity contribution < 1.29 is 14.3 Å². The largest absolute Gasteiger partial charge is 0.481 e. The van der Waals surface area contributed by atoms with E-state index in [0.717, 1.165) is 12.8 Å². The number of rotatable bonds is 9. The minimum atomic E-state index is -2.00. The summed E-state index contributed by atoms with van der Waals surface area (Å²) < 4.78 is 6.64. The van der Waals surface area contributed by atoms with Gasteiger partial charge in [-0.3, -0.25) is 4.79 Å². The maximum atomic E-state index is 11.3. The van der Waals surface area contributed by atoms with E-state index >= 15 is 0 Å². The first kappa shape index (κ1) is 19.6. The predicted octanol–water partition coefficient (Wildman–Crippen LogP) is 5.07. The summed E-state index contributed by atoms with van der Waals surface area (Å²) >= 11 is 0. The van der Waals surface area contributed by atoms with Crippen LogP contribution in [0.2, 0.25) is 16.6 Å². The molecule has 3 nitrogen and oxygen atoms in total. The summed E-state index contributed by atoms with van der Waals surface area (Å²) in [6.45, 7) is 17.3. The Morgan fingerprint density at radius 2 is 1.40 bits per heavy atom. The lowest BCUT2D eigenvalue weighted by molar-refractivity contribution is -0.144. The molecule has 0 aliphatic rings. The highest BCUT2D eigenvalue weighted by atomic mass is 28.4. The molecule has 2 unspecified atom stereocenters. The molecule has 120 valence electrons. The lowest BCUT2D eigenvalue weighted by Crippen LogP contribution is -2.51. The first-order valence-electron chi connectivity index (χ1n) is 8.01. The van der Waals surface area contributed by atoms with E-state index in [1.807, 2.05) is 0 Å². The summed E-state index contributed by atoms with van der Waals surface area (Å²) in [5.74, 6) is -1.18. The molecule has 0 spiro atoms. The van der Waals surface area contributed by atoms with Gasteiger partial charge in [-0.25, -0.2) is 0 Å². The smallest absolute Gasteiger partial charge is 0.308 e. The van der Waals surface area contributed by atoms with Gasteiger partial charge in [0, 0.05) is 0 Å². The molecule has 0 aromatic heterocycles. The molecular weight excluding hydrogens is 268 g/mol. The Labute approximate surface area is 126 Å². The molecule has 0 aromatic carbocycles. The van der Waals surface area contributed by atoms with Crippen LogP contribution in [0.3, 0.4) is 0 Å². The van der Waals surface area contributed by atoms with Crippen LogP contribution >= 0.6 is 0 Å². The van der Waals surface area contributed by atoms with E-state index in [-0.39, 0.29) is 6.10 Å². The van der Waals surface area contributed by atoms with Gasteiger partial charge in [-0.1, -0.05) is 54.9 Å². The Hall–Kier alpha value is -0.353. The summed E-state index contributed by atoms with van der Waals surface area (Å²) in [4.78, 5) is 11.3. The normalized spacial score (nSPS) is 15.9. The van der Waals surface area contributed by atoms with Crippen LogP contribution in [-0.4, -0.2) is 25.5 Å². The van der Waals surface area contributed by atoms with Gasteiger partial charge in [0.2, 0.25) is 8.32 Å². The van der Waals surface area contributed by atoms with Gasteiger partial charge in [-0.2, -0.15) is 0 Å². The lowest BCUT2D eigenvalue weighted by Gasteiger charge is -2.45. The molecule has 0 fully saturated rings. The molecule has 0 radical (unpaired) electrons. The third-order valence-corrected chi connectivity index (χ3v) is 10.7. The summed E-state index contributed by atoms with van der Waals surface area (Å²) in [6.07, 6.45) is 1.63. The highest BCUT2D eigenvalue weighted by molar-refractivity contribution is 6.77. The zero-order chi connectivity index (χ0) is 16.1. The van der Waals surface area contributed by atoms with Crippen LogP contribution in [0.5, 0.6) is 0 Å². The average molecular weight is 303 g/mol. The Morgan fingerprint density at radius 1 is 1.00 bits per heavy atom. The molecule has 0 aliphatic heterocycles. The lowest BCUT2D eigenvalue weighted by atomic mass is 10.0. The van der Waals surface area contributed by atoms with E-state index in [1.54, 1.807) is 6.92 Å². The van der Waals surface area contributed by atoms with Gasteiger partial charge in [-0.15, -0.1) is 0 Å². The highest BCUT2D eigenvalue weighted by Gasteiger charge is 2.47. The molecule has 0 saturated carbocycles. The number of carboxylic acids is 1. The minimum absolute atomic E-state index is 0.156. The molecule has 0 heterocycles. The van der Waals surface area contributed by atoms with Crippen LogP contribution < -0.4 is 0 Å². The van der Waals surface area contributed by atoms with Crippen molar-refractivity contribution in [2.24, 2.45) is 5.92 Å². The molecule has 0 saturated heterocycles. The van der Waals surface area contributed by atoms with E-state index in [2.05, 4.69) is 48.5 Å². The van der Waals surface area contributed by atoms with Crippen LogP contribution in [-0.2, 0) is 9.22 Å². The van der Waals surface area contributed by atoms with E-state index in [1.165, 1.54) is 0 Å². The standard InChI is InChI=1S/C16H34O3Si/c1-9-10-15(14(8)16(17)18)19-20(11(2)3,12(4)5)13(6)7/h11-15H,9-10H2,1-8H3,(H,17,18). The van der Waals surface area contributed by atoms with E-state index < -0.39 is 20.2 Å². The first-order chi connectivity index (χ1) is 9.11. The topological polar surface area (TPSA) is 46.5 Å². The number of carbonyl (C=O) groups is 1. The quantitative estimate of drug-likeness (QED) is 0.605. The predicted molar refractivity (Wildman–Crippen MR) is 87.6 cm³/mol. The molecule has 0 rings (SSSR count). The SMILES string of the molecule is CCCC(O[Si](C(C)C)(C(C)C)C(C)C)C(C)C(=O)O. The monoisotopic (exact) mass is 302 g/mol. The second-order valence-corrected chi connectivity index (χ2v) is 12.3. The Balaban J connectivity index is 5.43. The van der Waals surface area contributed by atoms with Crippen molar-refractivity contribution in [3.8, 4) is 0 Å². The zero-order valence-corrected chi connectivity index (χ0v) is 15.6. The van der Waals surface area contributed by atoms with Crippen LogP contribution in [0, 0.1) is 5.92 Å². The third kappa shape index (κ3) is 4.32. The number of hydrogen-bond acceptors (Lipinski definition) is 2. The fourth-order valence-corrected chi connectivity index (χ4v) is 9.19. The summed E-state index contributed by atoms with van der Waals surface area (Å²) in [5, 5.41) is 9.33. The van der Waals surface area contributed by atoms with Crippen molar-refractivity contribution in [1.29, 1.82) is 0 Å². The summed E-state index contributed by atoms with van der Waals surface area (Å²) in [7, 11) is -2.00. The maximum Gasteiger partial charge on any atom is 0.308 e. The molecule has 0 aromatic rings. The Morgan fingerprint density at radius 3 is 1.65 bits per heavy atom. The Kier molecular flexibility index (Phi) is 8.03. The van der Waals surface area contributed by atoms with Gasteiger partial charge in [-0.05, 0) is 30.0 Å². The molecule has 0 amide bonds. The average Bonchev–Trinajstić information content (AvgIpc) is 2.31. The molecule has 1 N–H and O–H groups in total. The van der Waals surface area contributed by atoms with Crippen LogP contribution in [0.15, 0.2) is 0 Å². The van der Waals surface area contributed by atoms with Crippen LogP contribution in [0.25, 0.3) is 0 Å². The number of carboxylic acid groups (broad SMARTS) is 1. The van der Waals surface area contributed by atoms with Crippen molar-refractivity contribution in [3.63, 3.8) is 0 Å². The van der Waals surface area contributed by atoms with E-state index in [9.17, 15) is 9.90 Å². The van der Waals surface area contributed by atoms with Crippen molar-refractivity contribution in [2.45, 2.75) is 91.0 Å². The molecule has 4 heteroatoms. The van der Waals surface area contributed by atoms with Crippen molar-refractivity contribution >= 4 is 14.3 Å². The second-order valence-electron chi connectivity index (χ2n) is 6.89. The van der Waals surface area contributed by atoms with Gasteiger partial charge < -0.3 is 9.53 Å². The van der Waals surface area contributed by atoms with Crippen LogP contribution in [0.4, 0.5) is 0 Å². The number of aliphatic carboxylic acids is 1. The highest BCUT2D eigenvalue weighted by Crippen LogP contribution is 2.44. The fourth-order valence-electron chi connectivity index (χ4n) is 3.52. The van der Waals surface area contributed by atoms with E-state index in [4.69, 9.17) is 4.43 Å². The van der Waals surface area contributed by atoms with Gasteiger partial charge >= 0.3 is 5.97 Å². The third-order valence-electron chi connectivity index (χ3n) is 4.58. The summed E-state index contributed by atoms with van der Waals surface area (Å²) in [6, 6.07) is 0. The maximum absolute atomic E-state index is 11.3. The molecule has 2 atom stereocenters. The van der Waals surface area contributed by atoms with E-state index in [0.29, 0.717) is 16.6 Å². The molecular formula is C16H34O3Si. The van der Waals surface area contributed by atoms with Gasteiger partial charge in [0.15, 0.2) is 0 Å². The fraction of sp³-hybridized carbons (Fsp3) is 0.938. The molecule has 20 heavy (non-hydrogen) atoms. The van der Waals surface area contributed by atoms with Gasteiger partial charge in [0.1, 0.15) is 0 Å². The summed E-state index contributed by atoms with van der Waals surface area (Å²) in [5.41, 5.74) is 1.47. The van der Waals surface area contributed by atoms with Gasteiger partial charge in [0.25, 0.3) is 0 Å². The Bertz CT molecular complexity index is 278. The molecule has 0 aliphatic carbocycles. The number of hydrogen-bond donors (Lipinski definition) is 1. The van der Waals surface area contributed by atoms with Crippen molar-refractivity contribution in [3.05, 3.63) is 0 Å². The first-order valence-corrected chi connectivity index (χ1v) is 10.2.